The van der Waals surface area contributed by atoms with Crippen molar-refractivity contribution in [2.75, 3.05) is 16.0 Å². The minimum Gasteiger partial charge on any atom is -0.455 e. The molecular formula is C21H20N4O3S2. The Morgan fingerprint density at radius 3 is 2.60 bits per heavy atom. The van der Waals surface area contributed by atoms with Crippen LogP contribution in [0.15, 0.2) is 58.9 Å². The van der Waals surface area contributed by atoms with Gasteiger partial charge in [0.25, 0.3) is 0 Å². The highest BCUT2D eigenvalue weighted by atomic mass is 32.2. The zero-order chi connectivity index (χ0) is 20.9. The molecule has 0 radical (unpaired) electrons. The Morgan fingerprint density at radius 2 is 1.87 bits per heavy atom. The molecule has 3 aromatic rings. The molecule has 9 heteroatoms. The van der Waals surface area contributed by atoms with Crippen molar-refractivity contribution in [3.05, 3.63) is 54.6 Å². The van der Waals surface area contributed by atoms with Crippen LogP contribution in [0.5, 0.6) is 11.5 Å². The molecule has 2 amide bonds. The highest BCUT2D eigenvalue weighted by Crippen LogP contribution is 2.36. The van der Waals surface area contributed by atoms with E-state index in [-0.39, 0.29) is 23.6 Å². The zero-order valence-electron chi connectivity index (χ0n) is 16.3. The van der Waals surface area contributed by atoms with Crippen LogP contribution in [0.25, 0.3) is 0 Å². The van der Waals surface area contributed by atoms with Crippen molar-refractivity contribution < 1.29 is 14.3 Å². The largest absolute Gasteiger partial charge is 0.455 e. The van der Waals surface area contributed by atoms with Crippen molar-refractivity contribution in [1.82, 2.24) is 10.2 Å². The van der Waals surface area contributed by atoms with Gasteiger partial charge in [-0.2, -0.15) is 0 Å². The number of hydrogen-bond acceptors (Lipinski definition) is 7. The normalized spacial score (nSPS) is 13.0. The summed E-state index contributed by atoms with van der Waals surface area (Å²) in [5.41, 5.74) is 0.599. The first kappa shape index (κ1) is 20.4. The predicted molar refractivity (Wildman–Crippen MR) is 118 cm³/mol. The summed E-state index contributed by atoms with van der Waals surface area (Å²) in [5.74, 6) is 1.24. The third kappa shape index (κ3) is 5.17. The van der Waals surface area contributed by atoms with E-state index in [1.54, 1.807) is 17.0 Å². The molecular weight excluding hydrogens is 420 g/mol. The molecule has 7 nitrogen and oxygen atoms in total. The summed E-state index contributed by atoms with van der Waals surface area (Å²) in [6.45, 7) is 1.54. The topological polar surface area (TPSA) is 84.4 Å². The third-order valence-corrected chi connectivity index (χ3v) is 6.37. The number of para-hydroxylation sites is 3. The van der Waals surface area contributed by atoms with E-state index in [0.29, 0.717) is 26.7 Å². The molecule has 0 aliphatic heterocycles. The van der Waals surface area contributed by atoms with Gasteiger partial charge in [-0.05, 0) is 37.1 Å². The second-order valence-corrected chi connectivity index (χ2v) is 8.90. The van der Waals surface area contributed by atoms with Gasteiger partial charge < -0.3 is 10.1 Å². The van der Waals surface area contributed by atoms with Gasteiger partial charge in [0.2, 0.25) is 16.9 Å². The first-order valence-electron chi connectivity index (χ1n) is 9.48. The molecule has 2 aromatic carbocycles. The standard InChI is InChI=1S/C21H20N4O3S2/c1-14(26)25(15-11-12-15)20-23-24-21(30-20)29-13-19(27)22-17-9-5-6-10-18(17)28-16-7-3-2-4-8-16/h2-10,15H,11-13H2,1H3,(H,22,27). The first-order valence-corrected chi connectivity index (χ1v) is 11.3. The molecule has 4 rings (SSSR count). The van der Waals surface area contributed by atoms with E-state index in [9.17, 15) is 9.59 Å². The Balaban J connectivity index is 1.35. The molecule has 1 aliphatic rings. The van der Waals surface area contributed by atoms with Gasteiger partial charge in [-0.3, -0.25) is 14.5 Å². The lowest BCUT2D eigenvalue weighted by molar-refractivity contribution is -0.116. The quantitative estimate of drug-likeness (QED) is 0.408. The molecule has 1 heterocycles. The molecule has 0 spiro atoms. The van der Waals surface area contributed by atoms with Crippen LogP contribution in [0.1, 0.15) is 19.8 Å². The number of anilines is 2. The highest BCUT2D eigenvalue weighted by Gasteiger charge is 2.34. The van der Waals surface area contributed by atoms with Crippen molar-refractivity contribution in [3.8, 4) is 11.5 Å². The highest BCUT2D eigenvalue weighted by molar-refractivity contribution is 8.01. The number of nitrogens with zero attached hydrogens (tertiary/aromatic N) is 3. The molecule has 1 N–H and O–H groups in total. The number of hydrogen-bond donors (Lipinski definition) is 1. The van der Waals surface area contributed by atoms with E-state index < -0.39 is 0 Å². The molecule has 0 unspecified atom stereocenters. The molecule has 0 bridgehead atoms. The van der Waals surface area contributed by atoms with E-state index >= 15 is 0 Å². The van der Waals surface area contributed by atoms with Crippen molar-refractivity contribution in [2.24, 2.45) is 0 Å². The van der Waals surface area contributed by atoms with Crippen LogP contribution in [0, 0.1) is 0 Å². The zero-order valence-corrected chi connectivity index (χ0v) is 17.9. The number of nitrogens with one attached hydrogen (secondary N) is 1. The van der Waals surface area contributed by atoms with E-state index in [0.717, 1.165) is 12.8 Å². The molecule has 1 saturated carbocycles. The smallest absolute Gasteiger partial charge is 0.234 e. The number of amides is 2. The van der Waals surface area contributed by atoms with Gasteiger partial charge in [-0.1, -0.05) is 53.4 Å². The summed E-state index contributed by atoms with van der Waals surface area (Å²) in [5, 5.41) is 11.7. The Hall–Kier alpha value is -2.91. The molecule has 0 atom stereocenters. The maximum Gasteiger partial charge on any atom is 0.234 e. The van der Waals surface area contributed by atoms with E-state index in [2.05, 4.69) is 15.5 Å². The summed E-state index contributed by atoms with van der Waals surface area (Å²) in [6, 6.07) is 16.9. The Labute approximate surface area is 182 Å². The van der Waals surface area contributed by atoms with Gasteiger partial charge in [0.1, 0.15) is 5.75 Å². The van der Waals surface area contributed by atoms with E-state index in [4.69, 9.17) is 4.74 Å². The van der Waals surface area contributed by atoms with Crippen LogP contribution in [0.4, 0.5) is 10.8 Å². The number of rotatable bonds is 8. The number of ether oxygens (including phenoxy) is 1. The lowest BCUT2D eigenvalue weighted by Crippen LogP contribution is -2.30. The summed E-state index contributed by atoms with van der Waals surface area (Å²) in [6.07, 6.45) is 1.99. The average molecular weight is 441 g/mol. The lowest BCUT2D eigenvalue weighted by Gasteiger charge is -2.15. The third-order valence-electron chi connectivity index (χ3n) is 4.31. The number of carbonyl (C=O) groups is 2. The Morgan fingerprint density at radius 1 is 1.13 bits per heavy atom. The molecule has 0 saturated heterocycles. The second-order valence-electron chi connectivity index (χ2n) is 6.72. The van der Waals surface area contributed by atoms with Gasteiger partial charge >= 0.3 is 0 Å². The van der Waals surface area contributed by atoms with Crippen LogP contribution in [-0.2, 0) is 9.59 Å². The summed E-state index contributed by atoms with van der Waals surface area (Å²) in [7, 11) is 0. The number of thioether (sulfide) groups is 1. The SMILES string of the molecule is CC(=O)N(c1nnc(SCC(=O)Nc2ccccc2Oc2ccccc2)s1)C1CC1. The van der Waals surface area contributed by atoms with Gasteiger partial charge in [-0.15, -0.1) is 10.2 Å². The summed E-state index contributed by atoms with van der Waals surface area (Å²) in [4.78, 5) is 26.0. The number of carbonyl (C=O) groups excluding carboxylic acids is 2. The maximum atomic E-state index is 12.5. The minimum absolute atomic E-state index is 0.0297. The van der Waals surface area contributed by atoms with Crippen LogP contribution in [-0.4, -0.2) is 33.8 Å². The summed E-state index contributed by atoms with van der Waals surface area (Å²) < 4.78 is 6.53. The van der Waals surface area contributed by atoms with Crippen molar-refractivity contribution >= 4 is 45.7 Å². The average Bonchev–Trinajstić information content (AvgIpc) is 3.45. The second kappa shape index (κ2) is 9.27. The first-order chi connectivity index (χ1) is 14.6. The lowest BCUT2D eigenvalue weighted by atomic mass is 10.3. The molecule has 1 aliphatic carbocycles. The maximum absolute atomic E-state index is 12.5. The van der Waals surface area contributed by atoms with Crippen LogP contribution in [0.3, 0.4) is 0 Å². The Bertz CT molecular complexity index is 1040. The minimum atomic E-state index is -0.175. The van der Waals surface area contributed by atoms with Gasteiger partial charge in [0.15, 0.2) is 10.1 Å². The van der Waals surface area contributed by atoms with Crippen molar-refractivity contribution in [3.63, 3.8) is 0 Å². The molecule has 1 aromatic heterocycles. The molecule has 1 fully saturated rings. The molecule has 30 heavy (non-hydrogen) atoms. The number of aromatic nitrogens is 2. The van der Waals surface area contributed by atoms with Crippen molar-refractivity contribution in [2.45, 2.75) is 30.1 Å². The molecule has 154 valence electrons. The van der Waals surface area contributed by atoms with Gasteiger partial charge in [0, 0.05) is 13.0 Å². The number of benzene rings is 2. The van der Waals surface area contributed by atoms with Crippen molar-refractivity contribution in [1.29, 1.82) is 0 Å². The van der Waals surface area contributed by atoms with Gasteiger partial charge in [0.05, 0.1) is 11.4 Å². The predicted octanol–water partition coefficient (Wildman–Crippen LogP) is 4.58. The monoisotopic (exact) mass is 440 g/mol. The van der Waals surface area contributed by atoms with E-state index in [1.165, 1.54) is 30.0 Å². The van der Waals surface area contributed by atoms with Crippen LogP contribution < -0.4 is 15.0 Å². The van der Waals surface area contributed by atoms with E-state index in [1.807, 2.05) is 42.5 Å². The Kier molecular flexibility index (Phi) is 6.29. The fraction of sp³-hybridized carbons (Fsp3) is 0.238. The van der Waals surface area contributed by atoms with Crippen LogP contribution >= 0.6 is 23.1 Å². The summed E-state index contributed by atoms with van der Waals surface area (Å²) >= 11 is 2.63. The van der Waals surface area contributed by atoms with Gasteiger partial charge in [-0.25, -0.2) is 0 Å². The van der Waals surface area contributed by atoms with Crippen LogP contribution in [0.2, 0.25) is 0 Å². The fourth-order valence-electron chi connectivity index (χ4n) is 2.83. The fourth-order valence-corrected chi connectivity index (χ4v) is 4.58.